The lowest BCUT2D eigenvalue weighted by atomic mass is 10.0. The third kappa shape index (κ3) is 3.53. The second kappa shape index (κ2) is 6.95. The lowest BCUT2D eigenvalue weighted by molar-refractivity contribution is -0.138. The Labute approximate surface area is 141 Å². The Morgan fingerprint density at radius 1 is 1.29 bits per heavy atom. The zero-order valence-corrected chi connectivity index (χ0v) is 14.0. The van der Waals surface area contributed by atoms with Crippen molar-refractivity contribution in [1.29, 1.82) is 0 Å². The first kappa shape index (κ1) is 16.4. The lowest BCUT2D eigenvalue weighted by Gasteiger charge is -2.19. The van der Waals surface area contributed by atoms with Gasteiger partial charge in [0.15, 0.2) is 5.82 Å². The van der Waals surface area contributed by atoms with E-state index in [2.05, 4.69) is 20.3 Å². The number of nitrogens with one attached hydrogen (secondary N) is 1. The number of aliphatic carboxylic acids is 1. The highest BCUT2D eigenvalue weighted by molar-refractivity contribution is 5.77. The number of anilines is 1. The maximum absolute atomic E-state index is 11.6. The summed E-state index contributed by atoms with van der Waals surface area (Å²) in [7, 11) is 0. The van der Waals surface area contributed by atoms with Crippen molar-refractivity contribution in [2.45, 2.75) is 45.6 Å². The van der Waals surface area contributed by atoms with Crippen LogP contribution in [0.15, 0.2) is 24.4 Å². The molecule has 2 aromatic heterocycles. The van der Waals surface area contributed by atoms with E-state index in [0.29, 0.717) is 23.8 Å². The number of carboxylic acid groups (broad SMARTS) is 1. The molecule has 0 aliphatic heterocycles. The molecule has 24 heavy (non-hydrogen) atoms. The highest BCUT2D eigenvalue weighted by Gasteiger charge is 2.25. The van der Waals surface area contributed by atoms with Gasteiger partial charge in [0, 0.05) is 17.5 Å². The number of hydrogen-bond donors (Lipinski definition) is 2. The van der Waals surface area contributed by atoms with Crippen LogP contribution in [0.5, 0.6) is 0 Å². The summed E-state index contributed by atoms with van der Waals surface area (Å²) in [6, 6.07) is 4.95. The van der Waals surface area contributed by atoms with E-state index in [1.54, 1.807) is 6.20 Å². The third-order valence-corrected chi connectivity index (χ3v) is 4.14. The van der Waals surface area contributed by atoms with E-state index in [-0.39, 0.29) is 5.92 Å². The molecule has 0 radical (unpaired) electrons. The quantitative estimate of drug-likeness (QED) is 0.848. The predicted molar refractivity (Wildman–Crippen MR) is 91.8 cm³/mol. The summed E-state index contributed by atoms with van der Waals surface area (Å²) in [6.45, 7) is 4.03. The molecule has 1 aliphatic carbocycles. The molecular weight excluding hydrogens is 304 g/mol. The first-order chi connectivity index (χ1) is 11.5. The zero-order chi connectivity index (χ0) is 17.1. The van der Waals surface area contributed by atoms with E-state index in [4.69, 9.17) is 0 Å². The van der Waals surface area contributed by atoms with Gasteiger partial charge in [0.05, 0.1) is 0 Å². The van der Waals surface area contributed by atoms with Gasteiger partial charge in [-0.2, -0.15) is 0 Å². The maximum atomic E-state index is 11.6. The molecule has 0 saturated carbocycles. The largest absolute Gasteiger partial charge is 0.480 e. The van der Waals surface area contributed by atoms with Crippen molar-refractivity contribution in [2.24, 2.45) is 5.92 Å². The first-order valence-corrected chi connectivity index (χ1v) is 8.35. The Morgan fingerprint density at radius 3 is 2.79 bits per heavy atom. The highest BCUT2D eigenvalue weighted by atomic mass is 16.4. The molecule has 2 aromatic rings. The van der Waals surface area contributed by atoms with Crippen molar-refractivity contribution in [3.63, 3.8) is 0 Å². The van der Waals surface area contributed by atoms with Gasteiger partial charge in [0.1, 0.15) is 17.6 Å². The molecule has 0 aromatic carbocycles. The molecule has 1 atom stereocenters. The van der Waals surface area contributed by atoms with E-state index < -0.39 is 12.0 Å². The van der Waals surface area contributed by atoms with Crippen LogP contribution in [0.25, 0.3) is 11.5 Å². The van der Waals surface area contributed by atoms with E-state index >= 15 is 0 Å². The summed E-state index contributed by atoms with van der Waals surface area (Å²) >= 11 is 0. The number of nitrogens with zero attached hydrogens (tertiary/aromatic N) is 3. The summed E-state index contributed by atoms with van der Waals surface area (Å²) in [5.74, 6) is 0.621. The Bertz CT molecular complexity index is 731. The second-order valence-electron chi connectivity index (χ2n) is 6.55. The average Bonchev–Trinajstić information content (AvgIpc) is 3.03. The SMILES string of the molecule is CC(C)C[C@H](Nc1nc(-c2ccccn2)nc2c1CCC2)C(=O)O. The molecule has 1 aliphatic rings. The van der Waals surface area contributed by atoms with Gasteiger partial charge in [0.2, 0.25) is 0 Å². The van der Waals surface area contributed by atoms with Crippen LogP contribution in [0.4, 0.5) is 5.82 Å². The molecule has 0 spiro atoms. The highest BCUT2D eigenvalue weighted by Crippen LogP contribution is 2.29. The van der Waals surface area contributed by atoms with Gasteiger partial charge < -0.3 is 10.4 Å². The minimum Gasteiger partial charge on any atom is -0.480 e. The van der Waals surface area contributed by atoms with Crippen LogP contribution in [-0.4, -0.2) is 32.1 Å². The van der Waals surface area contributed by atoms with Gasteiger partial charge in [-0.3, -0.25) is 4.98 Å². The standard InChI is InChI=1S/C18H22N4O2/c1-11(2)10-15(18(23)24)21-16-12-6-5-8-13(12)20-17(22-16)14-7-3-4-9-19-14/h3-4,7,9,11,15H,5-6,8,10H2,1-2H3,(H,23,24)(H,20,21,22)/t15-/m0/s1. The normalized spacial score (nSPS) is 14.5. The van der Waals surface area contributed by atoms with Gasteiger partial charge in [-0.05, 0) is 43.7 Å². The average molecular weight is 326 g/mol. The van der Waals surface area contributed by atoms with Crippen LogP contribution in [0.3, 0.4) is 0 Å². The molecule has 0 unspecified atom stereocenters. The molecule has 2 N–H and O–H groups in total. The summed E-state index contributed by atoms with van der Waals surface area (Å²) in [6.07, 6.45) is 5.06. The van der Waals surface area contributed by atoms with Crippen LogP contribution >= 0.6 is 0 Å². The number of carboxylic acids is 1. The molecule has 0 saturated heterocycles. The number of pyridine rings is 1. The molecular formula is C18H22N4O2. The summed E-state index contributed by atoms with van der Waals surface area (Å²) in [4.78, 5) is 25.1. The monoisotopic (exact) mass is 326 g/mol. The van der Waals surface area contributed by atoms with Crippen molar-refractivity contribution < 1.29 is 9.90 Å². The fourth-order valence-corrected chi connectivity index (χ4v) is 3.02. The van der Waals surface area contributed by atoms with Gasteiger partial charge in [-0.1, -0.05) is 19.9 Å². The minimum atomic E-state index is -0.853. The van der Waals surface area contributed by atoms with Crippen molar-refractivity contribution in [1.82, 2.24) is 15.0 Å². The number of rotatable bonds is 6. The van der Waals surface area contributed by atoms with Crippen LogP contribution in [-0.2, 0) is 17.6 Å². The predicted octanol–water partition coefficient (Wildman–Crippen LogP) is 2.94. The van der Waals surface area contributed by atoms with Gasteiger partial charge >= 0.3 is 5.97 Å². The topological polar surface area (TPSA) is 88.0 Å². The van der Waals surface area contributed by atoms with Gasteiger partial charge in [-0.25, -0.2) is 14.8 Å². The van der Waals surface area contributed by atoms with Crippen LogP contribution < -0.4 is 5.32 Å². The lowest BCUT2D eigenvalue weighted by Crippen LogP contribution is -2.31. The van der Waals surface area contributed by atoms with E-state index in [0.717, 1.165) is 30.5 Å². The number of aryl methyl sites for hydroxylation is 1. The second-order valence-corrected chi connectivity index (χ2v) is 6.55. The van der Waals surface area contributed by atoms with Crippen molar-refractivity contribution in [3.8, 4) is 11.5 Å². The van der Waals surface area contributed by atoms with Gasteiger partial charge in [0.25, 0.3) is 0 Å². The van der Waals surface area contributed by atoms with Crippen molar-refractivity contribution in [3.05, 3.63) is 35.7 Å². The fourth-order valence-electron chi connectivity index (χ4n) is 3.02. The Morgan fingerprint density at radius 2 is 2.12 bits per heavy atom. The zero-order valence-electron chi connectivity index (χ0n) is 14.0. The molecule has 6 heteroatoms. The molecule has 0 fully saturated rings. The molecule has 3 rings (SSSR count). The summed E-state index contributed by atoms with van der Waals surface area (Å²) in [5.41, 5.74) is 2.75. The van der Waals surface area contributed by atoms with Crippen molar-refractivity contribution >= 4 is 11.8 Å². The van der Waals surface area contributed by atoms with Crippen LogP contribution in [0, 0.1) is 5.92 Å². The van der Waals surface area contributed by atoms with Crippen LogP contribution in [0.2, 0.25) is 0 Å². The summed E-state index contributed by atoms with van der Waals surface area (Å²) in [5, 5.41) is 12.6. The minimum absolute atomic E-state index is 0.281. The Hall–Kier alpha value is -2.50. The number of carbonyl (C=O) groups is 1. The molecule has 0 amide bonds. The van der Waals surface area contributed by atoms with Crippen molar-refractivity contribution in [2.75, 3.05) is 5.32 Å². The third-order valence-electron chi connectivity index (χ3n) is 4.14. The fraction of sp³-hybridized carbons (Fsp3) is 0.444. The van der Waals surface area contributed by atoms with E-state index in [1.807, 2.05) is 32.0 Å². The number of hydrogen-bond acceptors (Lipinski definition) is 5. The smallest absolute Gasteiger partial charge is 0.326 e. The molecule has 6 nitrogen and oxygen atoms in total. The van der Waals surface area contributed by atoms with Crippen LogP contribution in [0.1, 0.15) is 37.9 Å². The molecule has 2 heterocycles. The van der Waals surface area contributed by atoms with Gasteiger partial charge in [-0.15, -0.1) is 0 Å². The maximum Gasteiger partial charge on any atom is 0.326 e. The molecule has 126 valence electrons. The van der Waals surface area contributed by atoms with E-state index in [1.165, 1.54) is 0 Å². The summed E-state index contributed by atoms with van der Waals surface area (Å²) < 4.78 is 0. The van der Waals surface area contributed by atoms with E-state index in [9.17, 15) is 9.90 Å². The Balaban J connectivity index is 1.97. The number of aromatic nitrogens is 3. The molecule has 0 bridgehead atoms. The first-order valence-electron chi connectivity index (χ1n) is 8.35. The number of fused-ring (bicyclic) bond motifs is 1. The Kier molecular flexibility index (Phi) is 4.74.